The molecule has 2 aromatic carbocycles. The molecule has 0 saturated heterocycles. The van der Waals surface area contributed by atoms with Crippen molar-refractivity contribution in [1.29, 1.82) is 0 Å². The number of halogens is 2. The monoisotopic (exact) mass is 323 g/mol. The molecule has 2 aromatic rings. The van der Waals surface area contributed by atoms with Gasteiger partial charge in [-0.2, -0.15) is 0 Å². The lowest BCUT2D eigenvalue weighted by atomic mass is 10.2. The summed E-state index contributed by atoms with van der Waals surface area (Å²) >= 11 is 5.94. The first-order chi connectivity index (χ1) is 10.5. The van der Waals surface area contributed by atoms with Crippen LogP contribution >= 0.6 is 11.6 Å². The molecule has 0 spiro atoms. The lowest BCUT2D eigenvalue weighted by molar-refractivity contribution is 0.0728. The minimum atomic E-state index is -0.705. The van der Waals surface area contributed by atoms with Gasteiger partial charge in [0.15, 0.2) is 11.6 Å². The van der Waals surface area contributed by atoms with E-state index >= 15 is 0 Å². The summed E-state index contributed by atoms with van der Waals surface area (Å²) in [5.74, 6) is -0.277. The lowest BCUT2D eigenvalue weighted by Crippen LogP contribution is -2.32. The molecular weight excluding hydrogens is 305 g/mol. The Hall–Kier alpha value is -1.62. The van der Waals surface area contributed by atoms with Gasteiger partial charge in [-0.25, -0.2) is 4.39 Å². The number of ether oxygens (including phenoxy) is 1. The van der Waals surface area contributed by atoms with Crippen LogP contribution in [0.15, 0.2) is 48.5 Å². The van der Waals surface area contributed by atoms with Crippen LogP contribution in [0, 0.1) is 5.82 Å². The fourth-order valence-corrected chi connectivity index (χ4v) is 2.38. The van der Waals surface area contributed by atoms with Gasteiger partial charge in [0.2, 0.25) is 0 Å². The summed E-state index contributed by atoms with van der Waals surface area (Å²) in [7, 11) is 1.90. The predicted octanol–water partition coefficient (Wildman–Crippen LogP) is 3.35. The molecule has 0 amide bonds. The van der Waals surface area contributed by atoms with Crippen molar-refractivity contribution in [1.82, 2.24) is 4.90 Å². The minimum Gasteiger partial charge on any atom is -0.488 e. The number of rotatable bonds is 7. The molecular formula is C17H19ClFNO2. The first-order valence-corrected chi connectivity index (χ1v) is 7.41. The number of likely N-dealkylation sites (N-methyl/N-ethyl adjacent to an activating group) is 1. The van der Waals surface area contributed by atoms with E-state index < -0.39 is 11.9 Å². The van der Waals surface area contributed by atoms with E-state index in [4.69, 9.17) is 16.3 Å². The second-order valence-electron chi connectivity index (χ2n) is 5.22. The molecule has 0 heterocycles. The van der Waals surface area contributed by atoms with Crippen molar-refractivity contribution in [3.8, 4) is 5.75 Å². The van der Waals surface area contributed by atoms with Crippen LogP contribution in [0.1, 0.15) is 5.56 Å². The van der Waals surface area contributed by atoms with Crippen molar-refractivity contribution < 1.29 is 14.2 Å². The van der Waals surface area contributed by atoms with Crippen molar-refractivity contribution in [2.75, 3.05) is 20.2 Å². The molecule has 0 aliphatic heterocycles. The average molecular weight is 324 g/mol. The van der Waals surface area contributed by atoms with Gasteiger partial charge in [0.25, 0.3) is 0 Å². The fraction of sp³-hybridized carbons (Fsp3) is 0.294. The van der Waals surface area contributed by atoms with Crippen LogP contribution in [0.3, 0.4) is 0 Å². The van der Waals surface area contributed by atoms with Gasteiger partial charge < -0.3 is 9.84 Å². The molecule has 22 heavy (non-hydrogen) atoms. The molecule has 1 N–H and O–H groups in total. The third-order valence-electron chi connectivity index (χ3n) is 3.13. The standard InChI is InChI=1S/C17H19ClFNO2/c1-20(10-13-5-4-6-14(18)9-13)11-15(21)12-22-17-8-3-2-7-16(17)19/h2-9,15,21H,10-12H2,1H3. The fourth-order valence-electron chi connectivity index (χ4n) is 2.17. The van der Waals surface area contributed by atoms with E-state index in [0.717, 1.165) is 5.56 Å². The Morgan fingerprint density at radius 1 is 1.23 bits per heavy atom. The molecule has 1 atom stereocenters. The molecule has 1 unspecified atom stereocenters. The van der Waals surface area contributed by atoms with Crippen molar-refractivity contribution in [3.05, 3.63) is 64.9 Å². The first kappa shape index (κ1) is 16.7. The zero-order valence-corrected chi connectivity index (χ0v) is 13.1. The maximum Gasteiger partial charge on any atom is 0.165 e. The van der Waals surface area contributed by atoms with E-state index in [1.807, 2.05) is 36.2 Å². The highest BCUT2D eigenvalue weighted by molar-refractivity contribution is 6.30. The molecule has 0 radical (unpaired) electrons. The van der Waals surface area contributed by atoms with E-state index in [2.05, 4.69) is 0 Å². The van der Waals surface area contributed by atoms with Gasteiger partial charge in [-0.3, -0.25) is 4.90 Å². The van der Waals surface area contributed by atoms with Crippen LogP contribution < -0.4 is 4.74 Å². The van der Waals surface area contributed by atoms with Crippen LogP contribution in [-0.4, -0.2) is 36.3 Å². The van der Waals surface area contributed by atoms with Crippen molar-refractivity contribution in [3.63, 3.8) is 0 Å². The van der Waals surface area contributed by atoms with Gasteiger partial charge in [0.1, 0.15) is 12.7 Å². The van der Waals surface area contributed by atoms with Crippen LogP contribution in [0.25, 0.3) is 0 Å². The van der Waals surface area contributed by atoms with E-state index in [1.54, 1.807) is 12.1 Å². The quantitative estimate of drug-likeness (QED) is 0.848. The Bertz CT molecular complexity index is 609. The van der Waals surface area contributed by atoms with Crippen LogP contribution in [0.2, 0.25) is 5.02 Å². The Morgan fingerprint density at radius 2 is 2.00 bits per heavy atom. The number of hydrogen-bond donors (Lipinski definition) is 1. The van der Waals surface area contributed by atoms with E-state index in [0.29, 0.717) is 18.1 Å². The molecule has 0 fully saturated rings. The zero-order chi connectivity index (χ0) is 15.9. The summed E-state index contributed by atoms with van der Waals surface area (Å²) in [6.07, 6.45) is -0.705. The SMILES string of the molecule is CN(Cc1cccc(Cl)c1)CC(O)COc1ccccc1F. The maximum atomic E-state index is 13.4. The maximum absolute atomic E-state index is 13.4. The molecule has 0 aromatic heterocycles. The summed E-state index contributed by atoms with van der Waals surface area (Å²) < 4.78 is 18.7. The summed E-state index contributed by atoms with van der Waals surface area (Å²) in [6, 6.07) is 13.7. The summed E-state index contributed by atoms with van der Waals surface area (Å²) in [5.41, 5.74) is 1.07. The topological polar surface area (TPSA) is 32.7 Å². The Labute approximate surface area is 134 Å². The second kappa shape index (κ2) is 8.13. The predicted molar refractivity (Wildman–Crippen MR) is 85.7 cm³/mol. The number of hydrogen-bond acceptors (Lipinski definition) is 3. The number of aliphatic hydroxyl groups is 1. The van der Waals surface area contributed by atoms with Gasteiger partial charge >= 0.3 is 0 Å². The zero-order valence-electron chi connectivity index (χ0n) is 12.4. The van der Waals surface area contributed by atoms with Gasteiger partial charge in [-0.15, -0.1) is 0 Å². The minimum absolute atomic E-state index is 0.0425. The van der Waals surface area contributed by atoms with Crippen LogP contribution in [0.4, 0.5) is 4.39 Å². The van der Waals surface area contributed by atoms with Crippen molar-refractivity contribution in [2.24, 2.45) is 0 Å². The highest BCUT2D eigenvalue weighted by Crippen LogP contribution is 2.16. The highest BCUT2D eigenvalue weighted by atomic mass is 35.5. The van der Waals surface area contributed by atoms with Gasteiger partial charge in [0, 0.05) is 18.1 Å². The van der Waals surface area contributed by atoms with Gasteiger partial charge in [-0.1, -0.05) is 35.9 Å². The highest BCUT2D eigenvalue weighted by Gasteiger charge is 2.11. The molecule has 118 valence electrons. The second-order valence-corrected chi connectivity index (χ2v) is 5.66. The third-order valence-corrected chi connectivity index (χ3v) is 3.37. The van der Waals surface area contributed by atoms with Crippen molar-refractivity contribution in [2.45, 2.75) is 12.6 Å². The van der Waals surface area contributed by atoms with Gasteiger partial charge in [-0.05, 0) is 36.9 Å². The largest absolute Gasteiger partial charge is 0.488 e. The molecule has 0 aliphatic rings. The number of para-hydroxylation sites is 1. The first-order valence-electron chi connectivity index (χ1n) is 7.03. The van der Waals surface area contributed by atoms with Crippen LogP contribution in [-0.2, 0) is 6.54 Å². The van der Waals surface area contributed by atoms with Crippen molar-refractivity contribution >= 4 is 11.6 Å². The number of aliphatic hydroxyl groups excluding tert-OH is 1. The number of benzene rings is 2. The number of nitrogens with zero attached hydrogens (tertiary/aromatic N) is 1. The lowest BCUT2D eigenvalue weighted by Gasteiger charge is -2.21. The normalized spacial score (nSPS) is 12.4. The molecule has 0 saturated carbocycles. The molecule has 0 aliphatic carbocycles. The Balaban J connectivity index is 1.79. The molecule has 5 heteroatoms. The molecule has 0 bridgehead atoms. The summed E-state index contributed by atoms with van der Waals surface area (Å²) in [6.45, 7) is 1.12. The summed E-state index contributed by atoms with van der Waals surface area (Å²) in [5, 5.41) is 10.7. The third kappa shape index (κ3) is 5.30. The molecule has 3 nitrogen and oxygen atoms in total. The Morgan fingerprint density at radius 3 is 2.73 bits per heavy atom. The summed E-state index contributed by atoms with van der Waals surface area (Å²) in [4.78, 5) is 1.96. The van der Waals surface area contributed by atoms with E-state index in [1.165, 1.54) is 12.1 Å². The molecule has 2 rings (SSSR count). The van der Waals surface area contributed by atoms with E-state index in [9.17, 15) is 9.50 Å². The van der Waals surface area contributed by atoms with Gasteiger partial charge in [0.05, 0.1) is 0 Å². The average Bonchev–Trinajstić information content (AvgIpc) is 2.46. The Kier molecular flexibility index (Phi) is 6.19. The van der Waals surface area contributed by atoms with E-state index in [-0.39, 0.29) is 12.4 Å². The van der Waals surface area contributed by atoms with Crippen LogP contribution in [0.5, 0.6) is 5.75 Å². The smallest absolute Gasteiger partial charge is 0.165 e.